The molecule has 0 saturated carbocycles. The lowest BCUT2D eigenvalue weighted by Crippen LogP contribution is -2.48. The second-order valence-electron chi connectivity index (χ2n) is 5.73. The molecule has 0 N–H and O–H groups in total. The van der Waals surface area contributed by atoms with E-state index in [0.717, 1.165) is 6.42 Å². The number of rotatable bonds is 2. The van der Waals surface area contributed by atoms with Crippen LogP contribution >= 0.6 is 11.6 Å². The first-order valence-corrected chi connectivity index (χ1v) is 9.30. The number of morpholine rings is 1. The van der Waals surface area contributed by atoms with Crippen LogP contribution in [0.2, 0.25) is 5.28 Å². The molecule has 10 heteroatoms. The average molecular weight is 362 g/mol. The normalized spacial score (nSPS) is 25.6. The van der Waals surface area contributed by atoms with Crippen molar-refractivity contribution in [2.45, 2.75) is 19.4 Å². The summed E-state index contributed by atoms with van der Waals surface area (Å²) in [5.41, 5.74) is 0. The molecule has 2 fully saturated rings. The second kappa shape index (κ2) is 6.39. The first kappa shape index (κ1) is 16.7. The quantitative estimate of drug-likeness (QED) is 0.723. The molecule has 23 heavy (non-hydrogen) atoms. The van der Waals surface area contributed by atoms with Crippen LogP contribution in [0, 0.1) is 0 Å². The van der Waals surface area contributed by atoms with Crippen molar-refractivity contribution in [3.8, 4) is 0 Å². The van der Waals surface area contributed by atoms with E-state index in [1.165, 1.54) is 8.61 Å². The predicted octanol–water partition coefficient (Wildman–Crippen LogP) is 0.742. The number of anilines is 2. The standard InChI is InChI=1S/C13H20ClN5O3S/c1-10-9-22-7-6-18(10)11-8-12(16-13(14)15-11)19-5-3-4-17(2)23(19,20)21/h8,10H,3-7,9H2,1-2H3/t10-/m1/s1. The fourth-order valence-corrected chi connectivity index (χ4v) is 4.36. The van der Waals surface area contributed by atoms with Crippen LogP contribution in [-0.4, -0.2) is 68.6 Å². The molecule has 0 aliphatic carbocycles. The molecule has 2 saturated heterocycles. The van der Waals surface area contributed by atoms with E-state index in [2.05, 4.69) is 14.9 Å². The summed E-state index contributed by atoms with van der Waals surface area (Å²) in [6.07, 6.45) is 0.737. The fraction of sp³-hybridized carbons (Fsp3) is 0.692. The van der Waals surface area contributed by atoms with Crippen molar-refractivity contribution in [3.05, 3.63) is 11.3 Å². The third-order valence-corrected chi connectivity index (χ3v) is 6.16. The Morgan fingerprint density at radius 2 is 2.00 bits per heavy atom. The van der Waals surface area contributed by atoms with Gasteiger partial charge in [-0.2, -0.15) is 17.7 Å². The minimum absolute atomic E-state index is 0.0413. The van der Waals surface area contributed by atoms with Gasteiger partial charge in [0.15, 0.2) is 0 Å². The number of ether oxygens (including phenoxy) is 1. The monoisotopic (exact) mass is 361 g/mol. The molecule has 0 radical (unpaired) electrons. The molecule has 3 heterocycles. The molecule has 3 rings (SSSR count). The first-order chi connectivity index (χ1) is 10.9. The van der Waals surface area contributed by atoms with Gasteiger partial charge in [0.25, 0.3) is 0 Å². The smallest absolute Gasteiger partial charge is 0.305 e. The highest BCUT2D eigenvalue weighted by atomic mass is 35.5. The maximum atomic E-state index is 12.5. The van der Waals surface area contributed by atoms with Crippen LogP contribution in [-0.2, 0) is 14.9 Å². The van der Waals surface area contributed by atoms with E-state index in [4.69, 9.17) is 16.3 Å². The summed E-state index contributed by atoms with van der Waals surface area (Å²) in [6, 6.07) is 1.83. The molecule has 2 aliphatic heterocycles. The molecular weight excluding hydrogens is 342 g/mol. The molecule has 1 atom stereocenters. The Kier molecular flexibility index (Phi) is 4.63. The molecule has 8 nitrogen and oxygen atoms in total. The topological polar surface area (TPSA) is 78.9 Å². The van der Waals surface area contributed by atoms with Gasteiger partial charge in [-0.1, -0.05) is 0 Å². The van der Waals surface area contributed by atoms with Crippen LogP contribution in [0.3, 0.4) is 0 Å². The number of hydrogen-bond donors (Lipinski definition) is 0. The third-order valence-electron chi connectivity index (χ3n) is 4.10. The average Bonchev–Trinajstić information content (AvgIpc) is 2.49. The zero-order valence-electron chi connectivity index (χ0n) is 13.1. The number of nitrogens with zero attached hydrogens (tertiary/aromatic N) is 5. The van der Waals surface area contributed by atoms with Crippen molar-refractivity contribution in [2.75, 3.05) is 49.1 Å². The molecular formula is C13H20ClN5O3S. The third kappa shape index (κ3) is 3.23. The predicted molar refractivity (Wildman–Crippen MR) is 88.2 cm³/mol. The Labute approximate surface area is 141 Å². The highest BCUT2D eigenvalue weighted by molar-refractivity contribution is 7.90. The van der Waals surface area contributed by atoms with Gasteiger partial charge in [-0.15, -0.1) is 0 Å². The maximum absolute atomic E-state index is 12.5. The molecule has 1 aromatic rings. The number of hydrogen-bond acceptors (Lipinski definition) is 6. The van der Waals surface area contributed by atoms with E-state index in [0.29, 0.717) is 44.5 Å². The Bertz CT molecular complexity index is 686. The molecule has 0 aromatic carbocycles. The Balaban J connectivity index is 1.97. The van der Waals surface area contributed by atoms with Crippen LogP contribution in [0.15, 0.2) is 6.07 Å². The number of aromatic nitrogens is 2. The van der Waals surface area contributed by atoms with Crippen molar-refractivity contribution in [1.29, 1.82) is 0 Å². The lowest BCUT2D eigenvalue weighted by Gasteiger charge is -2.36. The van der Waals surface area contributed by atoms with Gasteiger partial charge >= 0.3 is 10.2 Å². The summed E-state index contributed by atoms with van der Waals surface area (Å²) in [6.45, 7) is 4.80. The molecule has 1 aromatic heterocycles. The van der Waals surface area contributed by atoms with Crippen molar-refractivity contribution in [1.82, 2.24) is 14.3 Å². The fourth-order valence-electron chi connectivity index (χ4n) is 2.81. The summed E-state index contributed by atoms with van der Waals surface area (Å²) in [5.74, 6) is 0.935. The Morgan fingerprint density at radius 3 is 2.74 bits per heavy atom. The van der Waals surface area contributed by atoms with Gasteiger partial charge in [-0.05, 0) is 24.9 Å². The van der Waals surface area contributed by atoms with Crippen LogP contribution in [0.4, 0.5) is 11.6 Å². The van der Waals surface area contributed by atoms with Gasteiger partial charge in [0.05, 0.1) is 19.3 Å². The summed E-state index contributed by atoms with van der Waals surface area (Å²) in [5, 5.41) is 0.0413. The largest absolute Gasteiger partial charge is 0.377 e. The van der Waals surface area contributed by atoms with E-state index >= 15 is 0 Å². The molecule has 0 unspecified atom stereocenters. The molecule has 0 amide bonds. The lowest BCUT2D eigenvalue weighted by atomic mass is 10.2. The van der Waals surface area contributed by atoms with Crippen LogP contribution in [0.5, 0.6) is 0 Å². The Hall–Kier alpha value is -1.16. The van der Waals surface area contributed by atoms with Crippen molar-refractivity contribution < 1.29 is 13.2 Å². The SMILES string of the molecule is C[C@@H]1COCCN1c1cc(N2CCCN(C)S2(=O)=O)nc(Cl)n1. The minimum Gasteiger partial charge on any atom is -0.377 e. The molecule has 0 bridgehead atoms. The van der Waals surface area contributed by atoms with Gasteiger partial charge in [-0.25, -0.2) is 9.29 Å². The van der Waals surface area contributed by atoms with Gasteiger partial charge in [0, 0.05) is 32.7 Å². The molecule has 2 aliphatic rings. The van der Waals surface area contributed by atoms with E-state index in [9.17, 15) is 8.42 Å². The van der Waals surface area contributed by atoms with Crippen LogP contribution in [0.1, 0.15) is 13.3 Å². The summed E-state index contributed by atoms with van der Waals surface area (Å²) in [4.78, 5) is 10.4. The van der Waals surface area contributed by atoms with Crippen LogP contribution < -0.4 is 9.21 Å². The summed E-state index contributed by atoms with van der Waals surface area (Å²) < 4.78 is 33.0. The highest BCUT2D eigenvalue weighted by Crippen LogP contribution is 2.28. The number of halogens is 1. The Morgan fingerprint density at radius 1 is 1.26 bits per heavy atom. The zero-order valence-corrected chi connectivity index (χ0v) is 14.7. The lowest BCUT2D eigenvalue weighted by molar-refractivity contribution is 0.0985. The van der Waals surface area contributed by atoms with E-state index in [1.54, 1.807) is 13.1 Å². The van der Waals surface area contributed by atoms with Gasteiger partial charge < -0.3 is 9.64 Å². The van der Waals surface area contributed by atoms with E-state index < -0.39 is 10.2 Å². The van der Waals surface area contributed by atoms with Crippen LogP contribution in [0.25, 0.3) is 0 Å². The van der Waals surface area contributed by atoms with Gasteiger partial charge in [0.1, 0.15) is 11.6 Å². The minimum atomic E-state index is -3.56. The first-order valence-electron chi connectivity index (χ1n) is 7.52. The summed E-state index contributed by atoms with van der Waals surface area (Å²) >= 11 is 6.05. The molecule has 0 spiro atoms. The second-order valence-corrected chi connectivity index (χ2v) is 8.02. The van der Waals surface area contributed by atoms with Crippen molar-refractivity contribution >= 4 is 33.4 Å². The van der Waals surface area contributed by atoms with Gasteiger partial charge in [-0.3, -0.25) is 0 Å². The maximum Gasteiger partial charge on any atom is 0.305 e. The van der Waals surface area contributed by atoms with E-state index in [-0.39, 0.29) is 11.3 Å². The van der Waals surface area contributed by atoms with Gasteiger partial charge in [0.2, 0.25) is 5.28 Å². The van der Waals surface area contributed by atoms with Crippen molar-refractivity contribution in [3.63, 3.8) is 0 Å². The molecule has 128 valence electrons. The zero-order chi connectivity index (χ0) is 16.6. The highest BCUT2D eigenvalue weighted by Gasteiger charge is 2.33. The summed E-state index contributed by atoms with van der Waals surface area (Å²) in [7, 11) is -1.99. The van der Waals surface area contributed by atoms with Crippen molar-refractivity contribution in [2.24, 2.45) is 0 Å². The van der Waals surface area contributed by atoms with E-state index in [1.807, 2.05) is 6.92 Å².